The molecule has 0 saturated carbocycles. The molecule has 3 heteroatoms. The van der Waals surface area contributed by atoms with E-state index < -0.39 is 15.1 Å². The van der Waals surface area contributed by atoms with E-state index in [0.717, 1.165) is 0 Å². The van der Waals surface area contributed by atoms with Gasteiger partial charge in [-0.05, 0) is 99.5 Å². The van der Waals surface area contributed by atoms with Crippen LogP contribution in [0.5, 0.6) is 0 Å². The van der Waals surface area contributed by atoms with E-state index in [9.17, 15) is 0 Å². The molecule has 0 nitrogen and oxygen atoms in total. The van der Waals surface area contributed by atoms with Crippen molar-refractivity contribution in [3.05, 3.63) is 80.9 Å². The first-order chi connectivity index (χ1) is 26.5. The van der Waals surface area contributed by atoms with Gasteiger partial charge in [0.05, 0.1) is 0 Å². The summed E-state index contributed by atoms with van der Waals surface area (Å²) < 4.78 is 0. The van der Waals surface area contributed by atoms with Gasteiger partial charge in [0.1, 0.15) is 0 Å². The molecule has 0 fully saturated rings. The van der Waals surface area contributed by atoms with Gasteiger partial charge in [-0.3, -0.25) is 0 Å². The molecule has 0 radical (unpaired) electrons. The Kier molecular flexibility index (Phi) is 12.2. The second-order valence-corrected chi connectivity index (χ2v) is 34.5. The molecule has 0 N–H and O–H groups in total. The van der Waals surface area contributed by atoms with E-state index in [1.165, 1.54) is 41.6 Å². The predicted octanol–water partition coefficient (Wildman–Crippen LogP) is 20.3. The van der Waals surface area contributed by atoms with Gasteiger partial charge in [0.2, 0.25) is 0 Å². The van der Waals surface area contributed by atoms with E-state index in [4.69, 9.17) is 0 Å². The van der Waals surface area contributed by atoms with Crippen molar-refractivity contribution in [1.29, 1.82) is 0 Å². The lowest BCUT2D eigenvalue weighted by Crippen LogP contribution is -2.22. The van der Waals surface area contributed by atoms with Gasteiger partial charge in [-0.25, -0.2) is 0 Å². The molecule has 0 amide bonds. The molecule has 2 aromatic heterocycles. The molecule has 0 aliphatic rings. The van der Waals surface area contributed by atoms with Crippen LogP contribution in [0.2, 0.25) is 0 Å². The zero-order chi connectivity index (χ0) is 46.3. The summed E-state index contributed by atoms with van der Waals surface area (Å²) in [6.07, 6.45) is 0. The molecule has 2 atom stereocenters. The first-order valence-electron chi connectivity index (χ1n) is 23.0. The van der Waals surface area contributed by atoms with Crippen LogP contribution in [-0.2, 0) is 48.5 Å². The van der Waals surface area contributed by atoms with Crippen molar-refractivity contribution in [1.82, 2.24) is 0 Å². The molecule has 0 bridgehead atoms. The zero-order valence-corrected chi connectivity index (χ0v) is 46.5. The van der Waals surface area contributed by atoms with Crippen LogP contribution in [0.15, 0.2) is 36.4 Å². The zero-order valence-electron chi connectivity index (χ0n) is 43.8. The third-order valence-electron chi connectivity index (χ3n) is 12.7. The van der Waals surface area contributed by atoms with Crippen LogP contribution in [-0.4, -0.2) is 0 Å². The monoisotopic (exact) mass is 865 g/mol. The SMILES string of the molecule is CC(C)(C)c1cc(C(C)(C)C)c(-c2pc3c4c(C(C)(C)C)cc(C(C)(C)C)cc4p(-c4c(C(C)(C)C)cc(C(C)(C)C)cc4C(C)(C)C)c3p2C(C)(C)C)c(C(C)(C)C)c1. The van der Waals surface area contributed by atoms with E-state index in [1.807, 2.05) is 0 Å². The summed E-state index contributed by atoms with van der Waals surface area (Å²) >= 11 is 0. The number of fused-ring (bicyclic) bond motifs is 3. The minimum absolute atomic E-state index is 0.0190. The molecule has 60 heavy (non-hydrogen) atoms. The lowest BCUT2D eigenvalue weighted by Gasteiger charge is -2.36. The lowest BCUT2D eigenvalue weighted by atomic mass is 9.72. The summed E-state index contributed by atoms with van der Waals surface area (Å²) in [6, 6.07) is 15.9. The smallest absolute Gasteiger partial charge is 0.0322 e. The minimum atomic E-state index is -0.882. The molecule has 3 aromatic carbocycles. The van der Waals surface area contributed by atoms with Crippen LogP contribution in [0.25, 0.3) is 36.4 Å². The van der Waals surface area contributed by atoms with Crippen LogP contribution in [0, 0.1) is 0 Å². The molecule has 5 rings (SSSR count). The first-order valence-corrected chi connectivity index (χ1v) is 26.6. The van der Waals surface area contributed by atoms with Crippen LogP contribution < -0.4 is 0 Å². The molecule has 0 aliphatic carbocycles. The van der Waals surface area contributed by atoms with Gasteiger partial charge in [0, 0.05) is 36.0 Å². The van der Waals surface area contributed by atoms with Crippen molar-refractivity contribution in [3.8, 4) is 15.9 Å². The maximum Gasteiger partial charge on any atom is 0.0322 e. The lowest BCUT2D eigenvalue weighted by molar-refractivity contribution is 0.550. The summed E-state index contributed by atoms with van der Waals surface area (Å²) in [4.78, 5) is 1.80. The van der Waals surface area contributed by atoms with Gasteiger partial charge >= 0.3 is 0 Å². The van der Waals surface area contributed by atoms with Crippen LogP contribution >= 0.6 is 23.3 Å². The van der Waals surface area contributed by atoms with Crippen molar-refractivity contribution in [2.75, 3.05) is 0 Å². The largest absolute Gasteiger partial charge is 0.0934 e. The fourth-order valence-electron chi connectivity index (χ4n) is 8.96. The van der Waals surface area contributed by atoms with Crippen molar-refractivity contribution >= 4 is 43.7 Å². The van der Waals surface area contributed by atoms with Gasteiger partial charge in [-0.15, -0.1) is 0 Å². The standard InChI is InChI=1S/C57H87P3/c1-49(2,3)34-28-37(52(10,11)12)43(38(29-34)53(13,14)15)47-58-45-44-39(54(16,17)18)30-36(51(7,8)9)33-42(44)59(48(45)60(47)57(25,26)27)46-40(55(19,20)21)31-35(50(4,5)6)32-41(46)56(22,23)24/h28-33H,1-27H3. The molecule has 2 unspecified atom stereocenters. The Bertz CT molecular complexity index is 2370. The molecule has 5 aromatic rings. The molecule has 0 spiro atoms. The number of benzene rings is 3. The molecule has 0 saturated heterocycles. The van der Waals surface area contributed by atoms with Crippen LogP contribution in [0.1, 0.15) is 231 Å². The first kappa shape index (κ1) is 49.2. The molecule has 2 heterocycles. The number of rotatable bonds is 2. The minimum Gasteiger partial charge on any atom is -0.0934 e. The molecule has 330 valence electrons. The van der Waals surface area contributed by atoms with E-state index in [1.54, 1.807) is 47.5 Å². The molecule has 0 aliphatic heterocycles. The average Bonchev–Trinajstić information content (AvgIpc) is 3.54. The second-order valence-electron chi connectivity index (χ2n) is 27.7. The van der Waals surface area contributed by atoms with E-state index in [-0.39, 0.29) is 48.5 Å². The second kappa shape index (κ2) is 14.9. The molecular weight excluding hydrogens is 778 g/mol. The van der Waals surface area contributed by atoms with Gasteiger partial charge in [-0.2, -0.15) is 0 Å². The topological polar surface area (TPSA) is 0 Å². The Labute approximate surface area is 374 Å². The summed E-state index contributed by atoms with van der Waals surface area (Å²) in [7, 11) is -0.193. The maximum absolute atomic E-state index is 2.72. The van der Waals surface area contributed by atoms with Gasteiger partial charge in [0.25, 0.3) is 0 Å². The van der Waals surface area contributed by atoms with Gasteiger partial charge in [-0.1, -0.05) is 241 Å². The fraction of sp³-hybridized carbons (Fsp3) is 0.632. The Morgan fingerprint density at radius 3 is 1.00 bits per heavy atom. The van der Waals surface area contributed by atoms with E-state index in [2.05, 4.69) is 223 Å². The highest BCUT2D eigenvalue weighted by atomic mass is 31.1. The van der Waals surface area contributed by atoms with Crippen LogP contribution in [0.4, 0.5) is 0 Å². The van der Waals surface area contributed by atoms with Crippen molar-refractivity contribution in [2.24, 2.45) is 0 Å². The van der Waals surface area contributed by atoms with Gasteiger partial charge < -0.3 is 0 Å². The predicted molar refractivity (Wildman–Crippen MR) is 281 cm³/mol. The summed E-state index contributed by atoms with van der Waals surface area (Å²) in [6.45, 7) is 66.5. The van der Waals surface area contributed by atoms with Crippen LogP contribution in [0.3, 0.4) is 0 Å². The highest BCUT2D eigenvalue weighted by molar-refractivity contribution is 7.86. The van der Waals surface area contributed by atoms with Crippen molar-refractivity contribution < 1.29 is 0 Å². The van der Waals surface area contributed by atoms with Gasteiger partial charge in [0.15, 0.2) is 0 Å². The molecular formula is C57H87P3. The Hall–Kier alpha value is -1.83. The Balaban J connectivity index is 2.32. The summed E-state index contributed by atoms with van der Waals surface area (Å²) in [5, 5.41) is 8.27. The third kappa shape index (κ3) is 9.22. The highest BCUT2D eigenvalue weighted by Gasteiger charge is 2.39. The maximum atomic E-state index is 2.72. The Morgan fingerprint density at radius 2 is 0.683 bits per heavy atom. The van der Waals surface area contributed by atoms with Crippen molar-refractivity contribution in [2.45, 2.75) is 235 Å². The average molecular weight is 865 g/mol. The van der Waals surface area contributed by atoms with E-state index >= 15 is 0 Å². The highest BCUT2D eigenvalue weighted by Crippen LogP contribution is 2.75. The fourth-order valence-corrected chi connectivity index (χ4v) is 21.0. The quantitative estimate of drug-likeness (QED) is 0.166. The number of hydrogen-bond donors (Lipinski definition) is 0. The third-order valence-corrected chi connectivity index (χ3v) is 21.3. The summed E-state index contributed by atoms with van der Waals surface area (Å²) in [5.74, 6) is 0. The van der Waals surface area contributed by atoms with E-state index in [0.29, 0.717) is 0 Å². The van der Waals surface area contributed by atoms with Crippen molar-refractivity contribution in [3.63, 3.8) is 0 Å². The number of hydrogen-bond acceptors (Lipinski definition) is 0. The normalized spacial score (nSPS) is 15.3. The Morgan fingerprint density at radius 1 is 0.367 bits per heavy atom. The summed E-state index contributed by atoms with van der Waals surface area (Å²) in [5.41, 5.74) is 13.7.